The number of amides is 1. The van der Waals surface area contributed by atoms with E-state index in [9.17, 15) is 13.2 Å². The third-order valence-electron chi connectivity index (χ3n) is 7.07. The molecule has 8 nitrogen and oxygen atoms in total. The van der Waals surface area contributed by atoms with Crippen LogP contribution < -0.4 is 10.0 Å². The molecule has 0 saturated carbocycles. The summed E-state index contributed by atoms with van der Waals surface area (Å²) in [6.45, 7) is 2.52. The highest BCUT2D eigenvalue weighted by Gasteiger charge is 2.29. The predicted molar refractivity (Wildman–Crippen MR) is 165 cm³/mol. The molecule has 1 amide bonds. The van der Waals surface area contributed by atoms with E-state index in [-0.39, 0.29) is 22.8 Å². The van der Waals surface area contributed by atoms with E-state index < -0.39 is 15.9 Å². The van der Waals surface area contributed by atoms with Crippen LogP contribution in [0, 0.1) is 6.92 Å². The fourth-order valence-corrected chi connectivity index (χ4v) is 5.98. The molecule has 0 aliphatic rings. The Labute approximate surface area is 244 Å². The zero-order valence-electron chi connectivity index (χ0n) is 23.0. The van der Waals surface area contributed by atoms with E-state index >= 15 is 0 Å². The molecule has 6 aromatic rings. The maximum atomic E-state index is 13.9. The maximum absolute atomic E-state index is 13.9. The van der Waals surface area contributed by atoms with Gasteiger partial charge in [0.05, 0.1) is 22.5 Å². The van der Waals surface area contributed by atoms with E-state index in [0.29, 0.717) is 35.2 Å². The number of aryl methyl sites for hydroxylation is 1. The normalized spacial score (nSPS) is 11.5. The highest BCUT2D eigenvalue weighted by molar-refractivity contribution is 7.92. The smallest absolute Gasteiger partial charge is 0.263 e. The minimum absolute atomic E-state index is 0.0890. The molecule has 0 aliphatic heterocycles. The average Bonchev–Trinajstić information content (AvgIpc) is 3.28. The quantitative estimate of drug-likeness (QED) is 0.230. The van der Waals surface area contributed by atoms with E-state index in [4.69, 9.17) is 9.97 Å². The molecule has 0 unspecified atom stereocenters. The van der Waals surface area contributed by atoms with Crippen LogP contribution in [-0.4, -0.2) is 35.4 Å². The van der Waals surface area contributed by atoms with E-state index in [1.807, 2.05) is 91.9 Å². The number of hydrogen-bond acceptors (Lipinski definition) is 5. The lowest BCUT2D eigenvalue weighted by Gasteiger charge is -2.15. The number of nitrogens with zero attached hydrogens (tertiary/aromatic N) is 3. The number of nitrogens with one attached hydrogen (secondary N) is 2. The maximum Gasteiger partial charge on any atom is 0.263 e. The average molecular weight is 576 g/mol. The Kier molecular flexibility index (Phi) is 7.41. The summed E-state index contributed by atoms with van der Waals surface area (Å²) < 4.78 is 31.9. The Morgan fingerprint density at radius 2 is 1.36 bits per heavy atom. The zero-order valence-corrected chi connectivity index (χ0v) is 23.8. The first kappa shape index (κ1) is 27.2. The van der Waals surface area contributed by atoms with Gasteiger partial charge in [0.2, 0.25) is 0 Å². The second-order valence-electron chi connectivity index (χ2n) is 10.1. The SMILES string of the molecule is Cc1ccc(S(=O)(=O)Nc2c(C(=O)NCCc3ccccc3)c3nc4ccccc4nc3n2Cc2ccccc2)cc1. The largest absolute Gasteiger partial charge is 0.352 e. The van der Waals surface area contributed by atoms with Crippen LogP contribution in [0.15, 0.2) is 114 Å². The van der Waals surface area contributed by atoms with Crippen LogP contribution in [0.2, 0.25) is 0 Å². The number of aromatic nitrogens is 3. The summed E-state index contributed by atoms with van der Waals surface area (Å²) in [5, 5.41) is 2.98. The van der Waals surface area contributed by atoms with Crippen molar-refractivity contribution in [2.45, 2.75) is 24.8 Å². The Hall–Kier alpha value is -5.02. The summed E-state index contributed by atoms with van der Waals surface area (Å²) >= 11 is 0. The molecule has 0 saturated heterocycles. The number of benzene rings is 4. The van der Waals surface area contributed by atoms with Crippen LogP contribution in [0.3, 0.4) is 0 Å². The van der Waals surface area contributed by atoms with Gasteiger partial charge in [-0.1, -0.05) is 90.5 Å². The van der Waals surface area contributed by atoms with Gasteiger partial charge in [-0.2, -0.15) is 0 Å². The van der Waals surface area contributed by atoms with Crippen molar-refractivity contribution in [1.82, 2.24) is 19.9 Å². The van der Waals surface area contributed by atoms with Crippen molar-refractivity contribution in [2.24, 2.45) is 0 Å². The minimum Gasteiger partial charge on any atom is -0.352 e. The van der Waals surface area contributed by atoms with Crippen LogP contribution in [0.25, 0.3) is 22.2 Å². The van der Waals surface area contributed by atoms with Crippen molar-refractivity contribution in [3.8, 4) is 0 Å². The minimum atomic E-state index is -4.07. The van der Waals surface area contributed by atoms with Gasteiger partial charge >= 0.3 is 0 Å². The molecule has 0 radical (unpaired) electrons. The van der Waals surface area contributed by atoms with Crippen molar-refractivity contribution < 1.29 is 13.2 Å². The zero-order chi connectivity index (χ0) is 29.1. The van der Waals surface area contributed by atoms with Gasteiger partial charge in [-0.3, -0.25) is 9.52 Å². The monoisotopic (exact) mass is 575 g/mol. The standard InChI is InChI=1S/C33H29N5O3S/c1-23-16-18-26(19-17-23)42(40,41)37-31-29(33(39)34-21-20-24-10-4-2-5-11-24)30-32(36-28-15-9-8-14-27(28)35-30)38(31)22-25-12-6-3-7-13-25/h2-19,37H,20-22H2,1H3,(H,34,39). The number of rotatable bonds is 9. The predicted octanol–water partition coefficient (Wildman–Crippen LogP) is 5.71. The summed E-state index contributed by atoms with van der Waals surface area (Å²) in [4.78, 5) is 23.7. The summed E-state index contributed by atoms with van der Waals surface area (Å²) in [6, 6.07) is 33.4. The van der Waals surface area contributed by atoms with Crippen molar-refractivity contribution in [3.63, 3.8) is 0 Å². The molecule has 9 heteroatoms. The van der Waals surface area contributed by atoms with Crippen LogP contribution in [0.4, 0.5) is 5.82 Å². The van der Waals surface area contributed by atoms with Crippen molar-refractivity contribution in [3.05, 3.63) is 131 Å². The van der Waals surface area contributed by atoms with Gasteiger partial charge in [0, 0.05) is 6.54 Å². The van der Waals surface area contributed by atoms with E-state index in [0.717, 1.165) is 16.7 Å². The molecular formula is C33H29N5O3S. The molecular weight excluding hydrogens is 546 g/mol. The highest BCUT2D eigenvalue weighted by Crippen LogP contribution is 2.32. The van der Waals surface area contributed by atoms with Crippen LogP contribution in [-0.2, 0) is 23.0 Å². The van der Waals surface area contributed by atoms with Gasteiger partial charge in [-0.25, -0.2) is 18.4 Å². The van der Waals surface area contributed by atoms with Gasteiger partial charge in [0.15, 0.2) is 5.65 Å². The third-order valence-corrected chi connectivity index (χ3v) is 8.42. The molecule has 0 aliphatic carbocycles. The fourth-order valence-electron chi connectivity index (χ4n) is 4.90. The molecule has 2 heterocycles. The van der Waals surface area contributed by atoms with Crippen LogP contribution >= 0.6 is 0 Å². The molecule has 0 atom stereocenters. The molecule has 2 N–H and O–H groups in total. The Bertz CT molecular complexity index is 1990. The Balaban J connectivity index is 1.51. The molecule has 210 valence electrons. The summed E-state index contributed by atoms with van der Waals surface area (Å²) in [6.07, 6.45) is 0.619. The lowest BCUT2D eigenvalue weighted by molar-refractivity contribution is 0.0956. The lowest BCUT2D eigenvalue weighted by atomic mass is 10.1. The molecule has 0 spiro atoms. The number of sulfonamides is 1. The van der Waals surface area contributed by atoms with Gasteiger partial charge < -0.3 is 9.88 Å². The van der Waals surface area contributed by atoms with Crippen molar-refractivity contribution in [1.29, 1.82) is 0 Å². The third kappa shape index (κ3) is 5.59. The first-order valence-electron chi connectivity index (χ1n) is 13.6. The van der Waals surface area contributed by atoms with E-state index in [1.54, 1.807) is 28.8 Å². The van der Waals surface area contributed by atoms with Gasteiger partial charge in [0.25, 0.3) is 15.9 Å². The van der Waals surface area contributed by atoms with E-state index in [1.165, 1.54) is 0 Å². The number of hydrogen-bond donors (Lipinski definition) is 2. The topological polar surface area (TPSA) is 106 Å². The van der Waals surface area contributed by atoms with E-state index in [2.05, 4.69) is 10.0 Å². The molecule has 0 fully saturated rings. The first-order valence-corrected chi connectivity index (χ1v) is 15.1. The van der Waals surface area contributed by atoms with Gasteiger partial charge in [0.1, 0.15) is 16.9 Å². The van der Waals surface area contributed by atoms with Crippen LogP contribution in [0.1, 0.15) is 27.0 Å². The molecule has 2 aromatic heterocycles. The number of carbonyl (C=O) groups excluding carboxylic acids is 1. The molecule has 0 bridgehead atoms. The molecule has 4 aromatic carbocycles. The van der Waals surface area contributed by atoms with Gasteiger partial charge in [-0.05, 0) is 48.7 Å². The summed E-state index contributed by atoms with van der Waals surface area (Å²) in [5.74, 6) is -0.323. The fraction of sp³-hybridized carbons (Fsp3) is 0.121. The molecule has 42 heavy (non-hydrogen) atoms. The van der Waals surface area contributed by atoms with Crippen molar-refractivity contribution in [2.75, 3.05) is 11.3 Å². The number of fused-ring (bicyclic) bond motifs is 2. The second-order valence-corrected chi connectivity index (χ2v) is 11.8. The lowest BCUT2D eigenvalue weighted by Crippen LogP contribution is -2.27. The molecule has 6 rings (SSSR count). The summed E-state index contributed by atoms with van der Waals surface area (Å²) in [5.41, 5.74) is 5.03. The highest BCUT2D eigenvalue weighted by atomic mass is 32.2. The number of para-hydroxylation sites is 2. The summed E-state index contributed by atoms with van der Waals surface area (Å²) in [7, 11) is -4.07. The van der Waals surface area contributed by atoms with Crippen LogP contribution in [0.5, 0.6) is 0 Å². The first-order chi connectivity index (χ1) is 20.4. The Morgan fingerprint density at radius 3 is 2.02 bits per heavy atom. The number of anilines is 1. The van der Waals surface area contributed by atoms with Crippen molar-refractivity contribution >= 4 is 43.9 Å². The van der Waals surface area contributed by atoms with Gasteiger partial charge in [-0.15, -0.1) is 0 Å². The second kappa shape index (κ2) is 11.5. The Morgan fingerprint density at radius 1 is 0.762 bits per heavy atom. The number of carbonyl (C=O) groups is 1.